The van der Waals surface area contributed by atoms with E-state index in [0.29, 0.717) is 29.7 Å². The number of aromatic amines is 1. The second kappa shape index (κ2) is 9.48. The fourth-order valence-electron chi connectivity index (χ4n) is 7.49. The first-order valence-corrected chi connectivity index (χ1v) is 15.3. The van der Waals surface area contributed by atoms with Crippen LogP contribution in [0.15, 0.2) is 52.3 Å². The number of hydrogen-bond donors (Lipinski definition) is 1. The first-order valence-electron chi connectivity index (χ1n) is 13.6. The number of halogens is 1. The SMILES string of the molecule is COc1cc([C@H]2c3sc(=O)[nH]c3SC3C4CC(C5C(=O)N(c6ccc(F)cc6)C(=O)C45)C32)ccc1OCC(C)C. The van der Waals surface area contributed by atoms with Crippen molar-refractivity contribution < 1.29 is 23.5 Å². The lowest BCUT2D eigenvalue weighted by Gasteiger charge is -2.43. The molecule has 2 aromatic carbocycles. The van der Waals surface area contributed by atoms with Crippen LogP contribution >= 0.6 is 23.1 Å². The van der Waals surface area contributed by atoms with Crippen LogP contribution in [0.25, 0.3) is 0 Å². The summed E-state index contributed by atoms with van der Waals surface area (Å²) in [6.45, 7) is 4.74. The van der Waals surface area contributed by atoms with Crippen LogP contribution in [0.2, 0.25) is 0 Å². The average Bonchev–Trinajstić information content (AvgIpc) is 3.67. The van der Waals surface area contributed by atoms with Gasteiger partial charge in [-0.1, -0.05) is 31.3 Å². The first kappa shape index (κ1) is 25.8. The molecule has 7 rings (SSSR count). The number of rotatable bonds is 6. The van der Waals surface area contributed by atoms with Crippen molar-refractivity contribution in [2.24, 2.45) is 35.5 Å². The number of H-pyrrole nitrogens is 1. The lowest BCUT2D eigenvalue weighted by Crippen LogP contribution is -2.42. The van der Waals surface area contributed by atoms with Crippen molar-refractivity contribution in [3.05, 3.63) is 68.4 Å². The number of aromatic nitrogens is 1. The highest BCUT2D eigenvalue weighted by molar-refractivity contribution is 8.00. The monoisotopic (exact) mass is 580 g/mol. The Morgan fingerprint density at radius 1 is 1.02 bits per heavy atom. The van der Waals surface area contributed by atoms with Gasteiger partial charge in [-0.2, -0.15) is 0 Å². The van der Waals surface area contributed by atoms with E-state index in [1.165, 1.54) is 40.5 Å². The van der Waals surface area contributed by atoms with Gasteiger partial charge in [0.25, 0.3) is 0 Å². The van der Waals surface area contributed by atoms with Crippen molar-refractivity contribution in [1.29, 1.82) is 0 Å². The number of hydrogen-bond acceptors (Lipinski definition) is 7. The second-order valence-electron chi connectivity index (χ2n) is 11.6. The summed E-state index contributed by atoms with van der Waals surface area (Å²) in [5.74, 6) is 0.0229. The Hall–Kier alpha value is -3.11. The molecule has 1 saturated heterocycles. The molecule has 4 aliphatic rings. The Morgan fingerprint density at radius 3 is 2.45 bits per heavy atom. The van der Waals surface area contributed by atoms with Gasteiger partial charge < -0.3 is 14.5 Å². The Bertz CT molecular complexity index is 1570. The number of thiazole rings is 1. The molecule has 2 amide bonds. The summed E-state index contributed by atoms with van der Waals surface area (Å²) < 4.78 is 25.3. The molecule has 1 N–H and O–H groups in total. The van der Waals surface area contributed by atoms with E-state index in [1.807, 2.05) is 18.2 Å². The van der Waals surface area contributed by atoms with Crippen molar-refractivity contribution >= 4 is 40.6 Å². The van der Waals surface area contributed by atoms with Crippen LogP contribution in [-0.4, -0.2) is 35.8 Å². The zero-order valence-corrected chi connectivity index (χ0v) is 23.9. The molecule has 1 aromatic heterocycles. The molecule has 3 heterocycles. The predicted molar refractivity (Wildman–Crippen MR) is 151 cm³/mol. The Kier molecular flexibility index (Phi) is 6.12. The van der Waals surface area contributed by atoms with Gasteiger partial charge in [-0.15, -0.1) is 11.8 Å². The van der Waals surface area contributed by atoms with E-state index < -0.39 is 17.7 Å². The molecule has 7 nitrogen and oxygen atoms in total. The van der Waals surface area contributed by atoms with Gasteiger partial charge in [0.2, 0.25) is 11.8 Å². The van der Waals surface area contributed by atoms with Gasteiger partial charge in [-0.25, -0.2) is 4.39 Å². The van der Waals surface area contributed by atoms with Crippen LogP contribution in [0.5, 0.6) is 11.5 Å². The van der Waals surface area contributed by atoms with Crippen LogP contribution in [-0.2, 0) is 9.59 Å². The summed E-state index contributed by atoms with van der Waals surface area (Å²) in [6.07, 6.45) is 0.800. The third-order valence-electron chi connectivity index (χ3n) is 8.93. The van der Waals surface area contributed by atoms with E-state index in [0.717, 1.165) is 21.9 Å². The van der Waals surface area contributed by atoms with Crippen LogP contribution in [0.1, 0.15) is 36.6 Å². The second-order valence-corrected chi connectivity index (χ2v) is 13.8. The fraction of sp³-hybridized carbons (Fsp3) is 0.433. The Morgan fingerprint density at radius 2 is 1.75 bits per heavy atom. The van der Waals surface area contributed by atoms with Crippen LogP contribution < -0.4 is 19.2 Å². The molecular weight excluding hydrogens is 551 g/mol. The number of methoxy groups -OCH3 is 1. The van der Waals surface area contributed by atoms with Gasteiger partial charge in [0.1, 0.15) is 5.82 Å². The van der Waals surface area contributed by atoms with Gasteiger partial charge in [-0.3, -0.25) is 19.3 Å². The quantitative estimate of drug-likeness (QED) is 0.399. The maximum absolute atomic E-state index is 13.8. The van der Waals surface area contributed by atoms with E-state index in [-0.39, 0.29) is 45.6 Å². The fourth-order valence-corrected chi connectivity index (χ4v) is 10.4. The topological polar surface area (TPSA) is 88.7 Å². The molecule has 2 aliphatic carbocycles. The van der Waals surface area contributed by atoms with Crippen LogP contribution in [0.4, 0.5) is 10.1 Å². The standard InChI is InChI=1S/C30H29FN2O5S2/c1-13(2)12-38-19-9-4-14(10-20(19)37-3)21-22-17-11-18(25(22)39-27-26(21)40-30(36)32-27)24-23(17)28(34)33(29(24)35)16-7-5-15(31)6-8-16/h4-10,13,17-18,21-25H,11-12H2,1-3H3,(H,32,36)/t17?,18?,21-,22?,23?,24?,25?/m1/s1. The molecule has 2 bridgehead atoms. The first-order chi connectivity index (χ1) is 19.3. The zero-order valence-electron chi connectivity index (χ0n) is 22.3. The molecule has 6 unspecified atom stereocenters. The predicted octanol–water partition coefficient (Wildman–Crippen LogP) is 5.30. The minimum Gasteiger partial charge on any atom is -0.493 e. The number of carbonyl (C=O) groups is 2. The molecule has 7 atom stereocenters. The molecule has 0 radical (unpaired) electrons. The summed E-state index contributed by atoms with van der Waals surface area (Å²) in [7, 11) is 1.62. The van der Waals surface area contributed by atoms with E-state index in [9.17, 15) is 18.8 Å². The van der Waals surface area contributed by atoms with Crippen molar-refractivity contribution in [3.8, 4) is 11.5 Å². The van der Waals surface area contributed by atoms with E-state index in [1.54, 1.807) is 18.9 Å². The van der Waals surface area contributed by atoms with Gasteiger partial charge in [0.15, 0.2) is 11.5 Å². The number of anilines is 1. The van der Waals surface area contributed by atoms with Crippen molar-refractivity contribution in [2.45, 2.75) is 36.5 Å². The van der Waals surface area contributed by atoms with Gasteiger partial charge >= 0.3 is 4.87 Å². The molecule has 3 fully saturated rings. The van der Waals surface area contributed by atoms with Gasteiger partial charge in [0.05, 0.1) is 36.3 Å². The minimum atomic E-state index is -0.417. The van der Waals surface area contributed by atoms with E-state index in [2.05, 4.69) is 18.8 Å². The van der Waals surface area contributed by atoms with Gasteiger partial charge in [-0.05, 0) is 72.1 Å². The lowest BCUT2D eigenvalue weighted by atomic mass is 9.68. The molecule has 2 aliphatic heterocycles. The molecule has 10 heteroatoms. The number of thioether (sulfide) groups is 1. The van der Waals surface area contributed by atoms with Crippen LogP contribution in [0, 0.1) is 41.3 Å². The third-order valence-corrected chi connectivity index (χ3v) is 11.5. The highest BCUT2D eigenvalue weighted by atomic mass is 32.2. The summed E-state index contributed by atoms with van der Waals surface area (Å²) in [5, 5.41) is 0.943. The third kappa shape index (κ3) is 3.79. The maximum atomic E-state index is 13.8. The molecule has 0 spiro atoms. The molecule has 2 saturated carbocycles. The molecular formula is C30H29FN2O5S2. The maximum Gasteiger partial charge on any atom is 0.305 e. The number of benzene rings is 2. The number of ether oxygens (including phenoxy) is 2. The number of carbonyl (C=O) groups excluding carboxylic acids is 2. The number of nitrogens with zero attached hydrogens (tertiary/aromatic N) is 1. The highest BCUT2D eigenvalue weighted by Gasteiger charge is 2.69. The van der Waals surface area contributed by atoms with Crippen LogP contribution in [0.3, 0.4) is 0 Å². The summed E-state index contributed by atoms with van der Waals surface area (Å²) in [5.41, 5.74) is 1.43. The minimum absolute atomic E-state index is 0.00684. The summed E-state index contributed by atoms with van der Waals surface area (Å²) in [4.78, 5) is 45.2. The summed E-state index contributed by atoms with van der Waals surface area (Å²) >= 11 is 2.88. The number of amides is 2. The van der Waals surface area contributed by atoms with E-state index >= 15 is 0 Å². The number of imide groups is 1. The highest BCUT2D eigenvalue weighted by Crippen LogP contribution is 2.68. The molecule has 40 heavy (non-hydrogen) atoms. The van der Waals surface area contributed by atoms with Crippen molar-refractivity contribution in [3.63, 3.8) is 0 Å². The van der Waals surface area contributed by atoms with Crippen molar-refractivity contribution in [2.75, 3.05) is 18.6 Å². The Balaban J connectivity index is 1.28. The normalized spacial score (nSPS) is 30.0. The largest absolute Gasteiger partial charge is 0.493 e. The average molecular weight is 581 g/mol. The van der Waals surface area contributed by atoms with Crippen molar-refractivity contribution in [1.82, 2.24) is 4.98 Å². The molecule has 3 aromatic rings. The zero-order chi connectivity index (χ0) is 27.9. The molecule has 208 valence electrons. The smallest absolute Gasteiger partial charge is 0.305 e. The Labute approximate surface area is 239 Å². The summed E-state index contributed by atoms with van der Waals surface area (Å²) in [6, 6.07) is 11.5. The van der Waals surface area contributed by atoms with Gasteiger partial charge in [0, 0.05) is 16.0 Å². The number of fused-ring (bicyclic) bond motifs is 9. The van der Waals surface area contributed by atoms with E-state index in [4.69, 9.17) is 9.47 Å². The number of nitrogens with one attached hydrogen (secondary N) is 1. The lowest BCUT2D eigenvalue weighted by molar-refractivity contribution is -0.123.